The Bertz CT molecular complexity index is 710. The Kier molecular flexibility index (Phi) is 6.80. The summed E-state index contributed by atoms with van der Waals surface area (Å²) in [6.07, 6.45) is 4.55. The fourth-order valence-electron chi connectivity index (χ4n) is 3.62. The van der Waals surface area contributed by atoms with Gasteiger partial charge in [-0.1, -0.05) is 18.9 Å². The van der Waals surface area contributed by atoms with E-state index >= 15 is 0 Å². The Balaban J connectivity index is 1.45. The van der Waals surface area contributed by atoms with Gasteiger partial charge >= 0.3 is 6.03 Å². The number of nitro benzene ring substituents is 1. The molecule has 0 spiro atoms. The number of carbonyl (C=O) groups excluding carboxylic acids is 2. The predicted molar refractivity (Wildman–Crippen MR) is 105 cm³/mol. The fourth-order valence-corrected chi connectivity index (χ4v) is 3.62. The van der Waals surface area contributed by atoms with E-state index in [0.717, 1.165) is 25.9 Å². The van der Waals surface area contributed by atoms with Crippen LogP contribution in [0.5, 0.6) is 0 Å². The first-order valence-corrected chi connectivity index (χ1v) is 9.83. The van der Waals surface area contributed by atoms with Gasteiger partial charge in [-0.15, -0.1) is 0 Å². The van der Waals surface area contributed by atoms with E-state index in [9.17, 15) is 19.7 Å². The number of carbonyl (C=O) groups is 2. The van der Waals surface area contributed by atoms with E-state index in [1.54, 1.807) is 17.0 Å². The van der Waals surface area contributed by atoms with E-state index in [1.807, 2.05) is 4.90 Å². The lowest BCUT2D eigenvalue weighted by atomic mass is 10.2. The second kappa shape index (κ2) is 9.50. The molecule has 2 aliphatic rings. The summed E-state index contributed by atoms with van der Waals surface area (Å²) < 4.78 is 0. The zero-order valence-corrected chi connectivity index (χ0v) is 16.0. The largest absolute Gasteiger partial charge is 0.342 e. The second-order valence-electron chi connectivity index (χ2n) is 7.30. The highest BCUT2D eigenvalue weighted by atomic mass is 16.6. The van der Waals surface area contributed by atoms with Crippen LogP contribution in [-0.2, 0) is 4.79 Å². The molecule has 3 rings (SSSR count). The number of hydrogen-bond acceptors (Lipinski definition) is 5. The molecule has 0 bridgehead atoms. The first-order valence-electron chi connectivity index (χ1n) is 9.83. The van der Waals surface area contributed by atoms with Crippen molar-refractivity contribution in [1.82, 2.24) is 14.7 Å². The summed E-state index contributed by atoms with van der Waals surface area (Å²) in [5, 5.41) is 13.6. The molecular formula is C19H27N5O4. The number of nitrogens with one attached hydrogen (secondary N) is 1. The molecule has 2 saturated heterocycles. The van der Waals surface area contributed by atoms with Crippen LogP contribution in [0.1, 0.15) is 25.7 Å². The van der Waals surface area contributed by atoms with Gasteiger partial charge in [0.15, 0.2) is 0 Å². The number of non-ortho nitro benzene ring substituents is 1. The van der Waals surface area contributed by atoms with Gasteiger partial charge in [0, 0.05) is 57.1 Å². The number of hydrogen-bond donors (Lipinski definition) is 1. The maximum Gasteiger partial charge on any atom is 0.321 e. The zero-order valence-electron chi connectivity index (χ0n) is 16.0. The Morgan fingerprint density at radius 1 is 0.964 bits per heavy atom. The minimum absolute atomic E-state index is 0.0605. The molecule has 3 amide bonds. The van der Waals surface area contributed by atoms with Crippen LogP contribution in [0.3, 0.4) is 0 Å². The Hall–Kier alpha value is -2.68. The van der Waals surface area contributed by atoms with E-state index in [2.05, 4.69) is 10.2 Å². The summed E-state index contributed by atoms with van der Waals surface area (Å²) in [7, 11) is 0. The smallest absolute Gasteiger partial charge is 0.321 e. The molecule has 0 aromatic heterocycles. The average molecular weight is 389 g/mol. The van der Waals surface area contributed by atoms with E-state index < -0.39 is 4.92 Å². The monoisotopic (exact) mass is 389 g/mol. The predicted octanol–water partition coefficient (Wildman–Crippen LogP) is 2.15. The number of piperazine rings is 1. The van der Waals surface area contributed by atoms with Crippen molar-refractivity contribution in [2.24, 2.45) is 0 Å². The van der Waals surface area contributed by atoms with Crippen LogP contribution in [0.2, 0.25) is 0 Å². The third-order valence-corrected chi connectivity index (χ3v) is 5.29. The van der Waals surface area contributed by atoms with Gasteiger partial charge < -0.3 is 15.1 Å². The number of nitro groups is 1. The van der Waals surface area contributed by atoms with Gasteiger partial charge in [0.05, 0.1) is 11.5 Å². The summed E-state index contributed by atoms with van der Waals surface area (Å²) in [5.41, 5.74) is 0.340. The van der Waals surface area contributed by atoms with Gasteiger partial charge in [0.25, 0.3) is 5.69 Å². The van der Waals surface area contributed by atoms with Gasteiger partial charge in [-0.25, -0.2) is 4.79 Å². The first-order chi connectivity index (χ1) is 13.5. The second-order valence-corrected chi connectivity index (χ2v) is 7.30. The molecule has 2 fully saturated rings. The molecule has 2 heterocycles. The lowest BCUT2D eigenvalue weighted by molar-refractivity contribution is -0.384. The van der Waals surface area contributed by atoms with Gasteiger partial charge in [-0.05, 0) is 18.9 Å². The van der Waals surface area contributed by atoms with Gasteiger partial charge in [-0.2, -0.15) is 0 Å². The summed E-state index contributed by atoms with van der Waals surface area (Å²) in [6.45, 7) is 4.43. The van der Waals surface area contributed by atoms with Gasteiger partial charge in [0.1, 0.15) is 0 Å². The van der Waals surface area contributed by atoms with Crippen molar-refractivity contribution in [3.63, 3.8) is 0 Å². The Labute approximate surface area is 164 Å². The van der Waals surface area contributed by atoms with Gasteiger partial charge in [-0.3, -0.25) is 19.8 Å². The highest BCUT2D eigenvalue weighted by molar-refractivity contribution is 5.89. The van der Waals surface area contributed by atoms with Crippen LogP contribution in [0.25, 0.3) is 0 Å². The summed E-state index contributed by atoms with van der Waals surface area (Å²) >= 11 is 0. The maximum absolute atomic E-state index is 12.5. The van der Waals surface area contributed by atoms with E-state index in [0.29, 0.717) is 38.4 Å². The molecule has 0 atom stereocenters. The van der Waals surface area contributed by atoms with Crippen molar-refractivity contribution < 1.29 is 14.5 Å². The molecule has 28 heavy (non-hydrogen) atoms. The normalized spacial score (nSPS) is 18.4. The maximum atomic E-state index is 12.5. The average Bonchev–Trinajstić information content (AvgIpc) is 2.98. The number of anilines is 1. The van der Waals surface area contributed by atoms with Crippen LogP contribution in [0, 0.1) is 10.1 Å². The van der Waals surface area contributed by atoms with Crippen molar-refractivity contribution in [3.05, 3.63) is 34.4 Å². The number of benzene rings is 1. The zero-order chi connectivity index (χ0) is 19.9. The quantitative estimate of drug-likeness (QED) is 0.628. The van der Waals surface area contributed by atoms with Crippen molar-refractivity contribution in [2.45, 2.75) is 25.7 Å². The number of nitrogens with zero attached hydrogens (tertiary/aromatic N) is 4. The SMILES string of the molecule is O=C(CN1CCN(C(=O)Nc2cccc([N+](=O)[O-])c2)CC1)N1CCCCCC1. The number of rotatable bonds is 4. The van der Waals surface area contributed by atoms with Crippen molar-refractivity contribution in [2.75, 3.05) is 51.1 Å². The molecule has 1 N–H and O–H groups in total. The van der Waals surface area contributed by atoms with Crippen molar-refractivity contribution >= 4 is 23.3 Å². The standard InChI is InChI=1S/C19H27N5O4/c25-18(22-8-3-1-2-4-9-22)15-21-10-12-23(13-11-21)19(26)20-16-6-5-7-17(14-16)24(27)28/h5-7,14H,1-4,8-13,15H2,(H,20,26). The molecule has 0 radical (unpaired) electrons. The fraction of sp³-hybridized carbons (Fsp3) is 0.579. The topological polar surface area (TPSA) is 99.0 Å². The van der Waals surface area contributed by atoms with Crippen LogP contribution in [-0.4, -0.2) is 77.4 Å². The third kappa shape index (κ3) is 5.41. The third-order valence-electron chi connectivity index (χ3n) is 5.29. The van der Waals surface area contributed by atoms with E-state index in [-0.39, 0.29) is 17.6 Å². The summed E-state index contributed by atoms with van der Waals surface area (Å²) in [5.74, 6) is 0.177. The van der Waals surface area contributed by atoms with E-state index in [1.165, 1.54) is 25.0 Å². The number of urea groups is 1. The Morgan fingerprint density at radius 3 is 2.29 bits per heavy atom. The highest BCUT2D eigenvalue weighted by Crippen LogP contribution is 2.18. The molecule has 0 aliphatic carbocycles. The molecule has 9 nitrogen and oxygen atoms in total. The first kappa shape index (κ1) is 20.1. The summed E-state index contributed by atoms with van der Waals surface area (Å²) in [6, 6.07) is 5.62. The van der Waals surface area contributed by atoms with Gasteiger partial charge in [0.2, 0.25) is 5.91 Å². The van der Waals surface area contributed by atoms with Crippen molar-refractivity contribution in [3.8, 4) is 0 Å². The lowest BCUT2D eigenvalue weighted by Crippen LogP contribution is -2.52. The van der Waals surface area contributed by atoms with Crippen LogP contribution < -0.4 is 5.32 Å². The molecule has 9 heteroatoms. The van der Waals surface area contributed by atoms with Crippen LogP contribution in [0.4, 0.5) is 16.2 Å². The van der Waals surface area contributed by atoms with Crippen LogP contribution >= 0.6 is 0 Å². The minimum Gasteiger partial charge on any atom is -0.342 e. The van der Waals surface area contributed by atoms with E-state index in [4.69, 9.17) is 0 Å². The number of amides is 3. The lowest BCUT2D eigenvalue weighted by Gasteiger charge is -2.35. The summed E-state index contributed by atoms with van der Waals surface area (Å²) in [4.78, 5) is 41.0. The highest BCUT2D eigenvalue weighted by Gasteiger charge is 2.24. The molecule has 152 valence electrons. The molecule has 1 aromatic carbocycles. The molecule has 2 aliphatic heterocycles. The van der Waals surface area contributed by atoms with Crippen molar-refractivity contribution in [1.29, 1.82) is 0 Å². The molecule has 0 saturated carbocycles. The van der Waals surface area contributed by atoms with Crippen LogP contribution in [0.15, 0.2) is 24.3 Å². The molecule has 1 aromatic rings. The molecule has 0 unspecified atom stereocenters. The Morgan fingerprint density at radius 2 is 1.64 bits per heavy atom. The minimum atomic E-state index is -0.490. The number of likely N-dealkylation sites (tertiary alicyclic amines) is 1. The molecular weight excluding hydrogens is 362 g/mol.